The Bertz CT molecular complexity index is 375. The molecule has 2 rings (SSSR count). The van der Waals surface area contributed by atoms with Gasteiger partial charge in [-0.1, -0.05) is 13.5 Å². The summed E-state index contributed by atoms with van der Waals surface area (Å²) in [5.74, 6) is 0.734. The molecule has 0 aliphatic carbocycles. The van der Waals surface area contributed by atoms with Crippen molar-refractivity contribution < 1.29 is 0 Å². The minimum Gasteiger partial charge on any atom is -0.303 e. The smallest absolute Gasteiger partial charge is 0.0810 e. The number of rotatable bonds is 4. The fraction of sp³-hybridized carbons (Fsp3) is 0.571. The average Bonchev–Trinajstić information content (AvgIpc) is 2.39. The number of hydrogen-bond acceptors (Lipinski definition) is 3. The maximum atomic E-state index is 4.54. The summed E-state index contributed by atoms with van der Waals surface area (Å²) < 4.78 is 0. The van der Waals surface area contributed by atoms with Crippen LogP contribution in [0.25, 0.3) is 6.08 Å². The minimum atomic E-state index is 0.734. The maximum absolute atomic E-state index is 4.54. The summed E-state index contributed by atoms with van der Waals surface area (Å²) in [4.78, 5) is 11.3. The molecule has 0 radical (unpaired) electrons. The van der Waals surface area contributed by atoms with Gasteiger partial charge in [-0.25, -0.2) is 0 Å². The molecule has 1 aliphatic rings. The molecule has 17 heavy (non-hydrogen) atoms. The zero-order valence-corrected chi connectivity index (χ0v) is 10.6. The van der Waals surface area contributed by atoms with Gasteiger partial charge < -0.3 is 4.90 Å². The predicted octanol–water partition coefficient (Wildman–Crippen LogP) is 2.39. The second-order valence-electron chi connectivity index (χ2n) is 4.75. The zero-order valence-electron chi connectivity index (χ0n) is 10.6. The third kappa shape index (κ3) is 3.37. The summed E-state index contributed by atoms with van der Waals surface area (Å²) >= 11 is 0. The molecule has 1 aromatic rings. The Morgan fingerprint density at radius 3 is 3.18 bits per heavy atom. The molecule has 2 heterocycles. The van der Waals surface area contributed by atoms with Gasteiger partial charge in [-0.2, -0.15) is 0 Å². The first kappa shape index (κ1) is 12.2. The molecule has 0 aromatic carbocycles. The van der Waals surface area contributed by atoms with E-state index in [1.165, 1.54) is 25.9 Å². The lowest BCUT2D eigenvalue weighted by Gasteiger charge is -2.31. The first-order valence-corrected chi connectivity index (χ1v) is 6.47. The predicted molar refractivity (Wildman–Crippen MR) is 70.7 cm³/mol. The van der Waals surface area contributed by atoms with Crippen LogP contribution in [0.15, 0.2) is 19.0 Å². The highest BCUT2D eigenvalue weighted by Crippen LogP contribution is 2.19. The van der Waals surface area contributed by atoms with Gasteiger partial charge in [0.15, 0.2) is 0 Å². The van der Waals surface area contributed by atoms with Crippen LogP contribution in [0.4, 0.5) is 0 Å². The summed E-state index contributed by atoms with van der Waals surface area (Å²) in [5.41, 5.74) is 1.98. The molecular weight excluding hydrogens is 210 g/mol. The standard InChI is InChI=1S/C14H21N3/c1-3-13-9-15-10-14(16-13)8-12-6-5-7-17(4-2)11-12/h3,9-10,12H,1,4-8,11H2,2H3. The lowest BCUT2D eigenvalue weighted by atomic mass is 9.93. The fourth-order valence-corrected chi connectivity index (χ4v) is 2.52. The molecule has 3 nitrogen and oxygen atoms in total. The molecule has 1 aliphatic heterocycles. The highest BCUT2D eigenvalue weighted by Gasteiger charge is 2.19. The molecule has 0 saturated carbocycles. The third-order valence-corrected chi connectivity index (χ3v) is 3.46. The Kier molecular flexibility index (Phi) is 4.26. The van der Waals surface area contributed by atoms with E-state index in [4.69, 9.17) is 0 Å². The van der Waals surface area contributed by atoms with Crippen molar-refractivity contribution in [2.24, 2.45) is 5.92 Å². The summed E-state index contributed by atoms with van der Waals surface area (Å²) in [6.45, 7) is 9.59. The van der Waals surface area contributed by atoms with Gasteiger partial charge in [0, 0.05) is 12.7 Å². The maximum Gasteiger partial charge on any atom is 0.0810 e. The van der Waals surface area contributed by atoms with Crippen molar-refractivity contribution in [1.82, 2.24) is 14.9 Å². The Labute approximate surface area is 104 Å². The molecule has 3 heteroatoms. The zero-order chi connectivity index (χ0) is 12.1. The number of hydrogen-bond donors (Lipinski definition) is 0. The number of aromatic nitrogens is 2. The van der Waals surface area contributed by atoms with Gasteiger partial charge in [-0.15, -0.1) is 0 Å². The second kappa shape index (κ2) is 5.92. The lowest BCUT2D eigenvalue weighted by molar-refractivity contribution is 0.181. The average molecular weight is 231 g/mol. The summed E-state index contributed by atoms with van der Waals surface area (Å²) in [6.07, 6.45) is 9.08. The third-order valence-electron chi connectivity index (χ3n) is 3.46. The summed E-state index contributed by atoms with van der Waals surface area (Å²) in [5, 5.41) is 0. The molecule has 0 spiro atoms. The van der Waals surface area contributed by atoms with Crippen molar-refractivity contribution in [3.63, 3.8) is 0 Å². The Morgan fingerprint density at radius 2 is 2.41 bits per heavy atom. The van der Waals surface area contributed by atoms with E-state index in [0.717, 1.165) is 30.3 Å². The van der Waals surface area contributed by atoms with Crippen molar-refractivity contribution >= 4 is 6.08 Å². The van der Waals surface area contributed by atoms with E-state index in [0.29, 0.717) is 0 Å². The quantitative estimate of drug-likeness (QED) is 0.796. The van der Waals surface area contributed by atoms with E-state index in [9.17, 15) is 0 Å². The highest BCUT2D eigenvalue weighted by molar-refractivity contribution is 5.39. The molecule has 1 atom stereocenters. The highest BCUT2D eigenvalue weighted by atomic mass is 15.1. The molecule has 0 N–H and O–H groups in total. The SMILES string of the molecule is C=Cc1cncc(CC2CCCN(CC)C2)n1. The minimum absolute atomic E-state index is 0.734. The number of nitrogens with zero attached hydrogens (tertiary/aromatic N) is 3. The number of likely N-dealkylation sites (tertiary alicyclic amines) is 1. The van der Waals surface area contributed by atoms with E-state index in [1.807, 2.05) is 6.20 Å². The van der Waals surface area contributed by atoms with Gasteiger partial charge in [-0.3, -0.25) is 9.97 Å². The van der Waals surface area contributed by atoms with E-state index in [-0.39, 0.29) is 0 Å². The Morgan fingerprint density at radius 1 is 1.53 bits per heavy atom. The second-order valence-corrected chi connectivity index (χ2v) is 4.75. The molecule has 1 fully saturated rings. The van der Waals surface area contributed by atoms with Crippen molar-refractivity contribution in [1.29, 1.82) is 0 Å². The van der Waals surface area contributed by atoms with Crippen LogP contribution >= 0.6 is 0 Å². The van der Waals surface area contributed by atoms with E-state index >= 15 is 0 Å². The van der Waals surface area contributed by atoms with Gasteiger partial charge in [-0.05, 0) is 44.3 Å². The summed E-state index contributed by atoms with van der Waals surface area (Å²) in [7, 11) is 0. The fourth-order valence-electron chi connectivity index (χ4n) is 2.52. The largest absolute Gasteiger partial charge is 0.303 e. The van der Waals surface area contributed by atoms with Crippen LogP contribution in [0.5, 0.6) is 0 Å². The van der Waals surface area contributed by atoms with E-state index in [1.54, 1.807) is 12.3 Å². The van der Waals surface area contributed by atoms with Crippen molar-refractivity contribution in [2.45, 2.75) is 26.2 Å². The van der Waals surface area contributed by atoms with Crippen molar-refractivity contribution in [2.75, 3.05) is 19.6 Å². The molecule has 0 amide bonds. The molecule has 92 valence electrons. The monoisotopic (exact) mass is 231 g/mol. The first-order chi connectivity index (χ1) is 8.31. The topological polar surface area (TPSA) is 29.0 Å². The van der Waals surface area contributed by atoms with Crippen LogP contribution in [-0.4, -0.2) is 34.5 Å². The summed E-state index contributed by atoms with van der Waals surface area (Å²) in [6, 6.07) is 0. The van der Waals surface area contributed by atoms with Gasteiger partial charge in [0.2, 0.25) is 0 Å². The number of piperidine rings is 1. The van der Waals surface area contributed by atoms with Crippen molar-refractivity contribution in [3.05, 3.63) is 30.4 Å². The molecule has 1 saturated heterocycles. The van der Waals surface area contributed by atoms with Gasteiger partial charge in [0.05, 0.1) is 17.6 Å². The Hall–Kier alpha value is -1.22. The van der Waals surface area contributed by atoms with Crippen LogP contribution < -0.4 is 0 Å². The molecule has 1 unspecified atom stereocenters. The van der Waals surface area contributed by atoms with Gasteiger partial charge in [0.1, 0.15) is 0 Å². The van der Waals surface area contributed by atoms with Crippen LogP contribution in [0.2, 0.25) is 0 Å². The Balaban J connectivity index is 1.97. The van der Waals surface area contributed by atoms with Crippen LogP contribution in [0.3, 0.4) is 0 Å². The molecule has 0 bridgehead atoms. The molecular formula is C14H21N3. The van der Waals surface area contributed by atoms with Crippen LogP contribution in [0.1, 0.15) is 31.2 Å². The van der Waals surface area contributed by atoms with Crippen LogP contribution in [0, 0.1) is 5.92 Å². The molecule has 1 aromatic heterocycles. The van der Waals surface area contributed by atoms with Gasteiger partial charge in [0.25, 0.3) is 0 Å². The lowest BCUT2D eigenvalue weighted by Crippen LogP contribution is -2.36. The van der Waals surface area contributed by atoms with E-state index in [2.05, 4.69) is 28.4 Å². The first-order valence-electron chi connectivity index (χ1n) is 6.47. The van der Waals surface area contributed by atoms with E-state index < -0.39 is 0 Å². The van der Waals surface area contributed by atoms with Crippen LogP contribution in [-0.2, 0) is 6.42 Å². The normalized spacial score (nSPS) is 21.4. The van der Waals surface area contributed by atoms with Crippen molar-refractivity contribution in [3.8, 4) is 0 Å². The van der Waals surface area contributed by atoms with Gasteiger partial charge >= 0.3 is 0 Å².